The summed E-state index contributed by atoms with van der Waals surface area (Å²) in [6.07, 6.45) is 0. The zero-order valence-electron chi connectivity index (χ0n) is 8.69. The number of cyclic esters (lactones) is 2. The number of phenols is 1. The summed E-state index contributed by atoms with van der Waals surface area (Å²) in [5.41, 5.74) is -7.49. The van der Waals surface area contributed by atoms with Gasteiger partial charge in [-0.3, -0.25) is 0 Å². The number of sulfone groups is 1. The van der Waals surface area contributed by atoms with Gasteiger partial charge in [0.05, 0.1) is 11.1 Å². The lowest BCUT2D eigenvalue weighted by molar-refractivity contribution is -0.0437. The van der Waals surface area contributed by atoms with Crippen LogP contribution in [0.15, 0.2) is 17.0 Å². The maximum Gasteiger partial charge on any atom is 0.502 e. The van der Waals surface area contributed by atoms with Crippen LogP contribution in [0.5, 0.6) is 5.75 Å². The zero-order valence-corrected chi connectivity index (χ0v) is 9.50. The summed E-state index contributed by atoms with van der Waals surface area (Å²) in [7, 11) is -5.99. The minimum Gasteiger partial charge on any atom is -0.507 e. The first kappa shape index (κ1) is 13.3. The molecule has 1 aliphatic rings. The van der Waals surface area contributed by atoms with E-state index in [4.69, 9.17) is 0 Å². The van der Waals surface area contributed by atoms with Crippen LogP contribution in [0.3, 0.4) is 0 Å². The first-order chi connectivity index (χ1) is 8.57. The van der Waals surface area contributed by atoms with E-state index in [0.717, 1.165) is 6.07 Å². The monoisotopic (exact) mass is 296 g/mol. The second kappa shape index (κ2) is 3.70. The van der Waals surface area contributed by atoms with Crippen molar-refractivity contribution in [3.63, 3.8) is 0 Å². The number of ether oxygens (including phenoxy) is 1. The number of halogens is 3. The minimum absolute atomic E-state index is 0.567. The maximum atomic E-state index is 12.5. The van der Waals surface area contributed by atoms with Crippen molar-refractivity contribution in [1.82, 2.24) is 0 Å². The van der Waals surface area contributed by atoms with Gasteiger partial charge in [0.2, 0.25) is 0 Å². The number of benzene rings is 1. The number of fused-ring (bicyclic) bond motifs is 1. The summed E-state index contributed by atoms with van der Waals surface area (Å²) in [5, 5.41) is 9.28. The van der Waals surface area contributed by atoms with Crippen LogP contribution < -0.4 is 0 Å². The fourth-order valence-electron chi connectivity index (χ4n) is 1.52. The molecule has 0 aromatic heterocycles. The van der Waals surface area contributed by atoms with Crippen molar-refractivity contribution < 1.29 is 41.0 Å². The first-order valence-corrected chi connectivity index (χ1v) is 5.99. The van der Waals surface area contributed by atoms with Crippen LogP contribution in [-0.2, 0) is 14.6 Å². The summed E-state index contributed by atoms with van der Waals surface area (Å²) in [5.74, 6) is -4.12. The molecule has 1 heterocycles. The van der Waals surface area contributed by atoms with Gasteiger partial charge in [0.15, 0.2) is 0 Å². The molecule has 0 unspecified atom stereocenters. The van der Waals surface area contributed by atoms with E-state index in [1.54, 1.807) is 0 Å². The third kappa shape index (κ3) is 1.75. The van der Waals surface area contributed by atoms with E-state index in [9.17, 15) is 36.3 Å². The summed E-state index contributed by atoms with van der Waals surface area (Å²) >= 11 is 0. The number of carbonyl (C=O) groups excluding carboxylic acids is 2. The molecule has 0 radical (unpaired) electrons. The van der Waals surface area contributed by atoms with Gasteiger partial charge in [0.1, 0.15) is 10.6 Å². The van der Waals surface area contributed by atoms with E-state index in [-0.39, 0.29) is 0 Å². The van der Waals surface area contributed by atoms with Gasteiger partial charge < -0.3 is 9.84 Å². The van der Waals surface area contributed by atoms with E-state index < -0.39 is 49.1 Å². The predicted octanol–water partition coefficient (Wildman–Crippen LogP) is 0.996. The van der Waals surface area contributed by atoms with Gasteiger partial charge in [-0.15, -0.1) is 0 Å². The number of carbonyl (C=O) groups is 2. The van der Waals surface area contributed by atoms with Gasteiger partial charge in [0.25, 0.3) is 9.84 Å². The molecule has 1 N–H and O–H groups in total. The quantitative estimate of drug-likeness (QED) is 0.613. The van der Waals surface area contributed by atoms with Crippen molar-refractivity contribution in [2.75, 3.05) is 0 Å². The van der Waals surface area contributed by atoms with Crippen LogP contribution >= 0.6 is 0 Å². The molecule has 0 atom stereocenters. The lowest BCUT2D eigenvalue weighted by Gasteiger charge is -2.11. The number of esters is 2. The standard InChI is InChI=1S/C9H3F3O6S/c10-9(11,12)19(16,17)6-4(13)2-1-3-5(6)8(15)18-7(3)14/h1-2,13H. The molecule has 0 saturated carbocycles. The summed E-state index contributed by atoms with van der Waals surface area (Å²) < 4.78 is 63.9. The second-order valence-electron chi connectivity index (χ2n) is 3.46. The highest BCUT2D eigenvalue weighted by atomic mass is 32.2. The fourth-order valence-corrected chi connectivity index (χ4v) is 2.56. The SMILES string of the molecule is O=C1OC(=O)c2c1ccc(O)c2S(=O)(=O)C(F)(F)F. The lowest BCUT2D eigenvalue weighted by Crippen LogP contribution is -2.25. The number of alkyl halides is 3. The third-order valence-corrected chi connectivity index (χ3v) is 3.88. The molecule has 1 aliphatic heterocycles. The maximum absolute atomic E-state index is 12.5. The van der Waals surface area contributed by atoms with Crippen LogP contribution in [-0.4, -0.2) is 31.0 Å². The zero-order chi connectivity index (χ0) is 14.6. The number of hydrogen-bond donors (Lipinski definition) is 1. The number of aromatic hydroxyl groups is 1. The Bertz CT molecular complexity index is 703. The minimum atomic E-state index is -5.99. The van der Waals surface area contributed by atoms with Gasteiger partial charge >= 0.3 is 17.4 Å². The molecular formula is C9H3F3O6S. The molecular weight excluding hydrogens is 293 g/mol. The molecule has 0 saturated heterocycles. The number of rotatable bonds is 1. The lowest BCUT2D eigenvalue weighted by atomic mass is 10.1. The van der Waals surface area contributed by atoms with Gasteiger partial charge in [0, 0.05) is 0 Å². The average Bonchev–Trinajstić information content (AvgIpc) is 2.52. The van der Waals surface area contributed by atoms with Crippen molar-refractivity contribution in [3.05, 3.63) is 23.3 Å². The van der Waals surface area contributed by atoms with Crippen molar-refractivity contribution >= 4 is 21.8 Å². The van der Waals surface area contributed by atoms with E-state index in [0.29, 0.717) is 6.07 Å². The molecule has 0 fully saturated rings. The molecule has 10 heteroatoms. The van der Waals surface area contributed by atoms with Crippen LogP contribution in [0.2, 0.25) is 0 Å². The van der Waals surface area contributed by atoms with E-state index >= 15 is 0 Å². The van der Waals surface area contributed by atoms with Crippen LogP contribution in [0.25, 0.3) is 0 Å². The largest absolute Gasteiger partial charge is 0.507 e. The van der Waals surface area contributed by atoms with Crippen LogP contribution in [0, 0.1) is 0 Å². The summed E-state index contributed by atoms with van der Waals surface area (Å²) in [6, 6.07) is 1.37. The Morgan fingerprint density at radius 3 is 2.21 bits per heavy atom. The Kier molecular flexibility index (Phi) is 2.59. The number of phenolic OH excluding ortho intramolecular Hbond substituents is 1. The van der Waals surface area contributed by atoms with Crippen molar-refractivity contribution in [2.45, 2.75) is 10.4 Å². The molecule has 2 rings (SSSR count). The summed E-state index contributed by atoms with van der Waals surface area (Å²) in [6.45, 7) is 0. The smallest absolute Gasteiger partial charge is 0.502 e. The highest BCUT2D eigenvalue weighted by molar-refractivity contribution is 7.92. The Morgan fingerprint density at radius 1 is 1.11 bits per heavy atom. The second-order valence-corrected chi connectivity index (χ2v) is 5.34. The first-order valence-electron chi connectivity index (χ1n) is 4.51. The highest BCUT2D eigenvalue weighted by Crippen LogP contribution is 2.40. The normalized spacial score (nSPS) is 15.3. The Hall–Kier alpha value is -2.10. The molecule has 102 valence electrons. The molecule has 1 aromatic carbocycles. The van der Waals surface area contributed by atoms with Gasteiger partial charge in [-0.2, -0.15) is 13.2 Å². The van der Waals surface area contributed by atoms with Gasteiger partial charge in [-0.1, -0.05) is 0 Å². The van der Waals surface area contributed by atoms with Gasteiger partial charge in [-0.25, -0.2) is 18.0 Å². The molecule has 6 nitrogen and oxygen atoms in total. The molecule has 0 aliphatic carbocycles. The molecule has 1 aromatic rings. The van der Waals surface area contributed by atoms with Crippen molar-refractivity contribution in [3.8, 4) is 5.75 Å². The predicted molar refractivity (Wildman–Crippen MR) is 51.1 cm³/mol. The van der Waals surface area contributed by atoms with E-state index in [2.05, 4.69) is 4.74 Å². The number of hydrogen-bond acceptors (Lipinski definition) is 6. The Balaban J connectivity index is 2.88. The Labute approximate surface area is 103 Å². The fraction of sp³-hybridized carbons (Fsp3) is 0.111. The van der Waals surface area contributed by atoms with Crippen molar-refractivity contribution in [2.24, 2.45) is 0 Å². The topological polar surface area (TPSA) is 97.7 Å². The average molecular weight is 296 g/mol. The third-order valence-electron chi connectivity index (χ3n) is 2.32. The molecule has 0 bridgehead atoms. The molecule has 0 spiro atoms. The molecule has 19 heavy (non-hydrogen) atoms. The highest BCUT2D eigenvalue weighted by Gasteiger charge is 2.52. The Morgan fingerprint density at radius 2 is 1.68 bits per heavy atom. The van der Waals surface area contributed by atoms with Crippen molar-refractivity contribution in [1.29, 1.82) is 0 Å². The van der Waals surface area contributed by atoms with E-state index in [1.807, 2.05) is 0 Å². The molecule has 0 amide bonds. The van der Waals surface area contributed by atoms with Crippen LogP contribution in [0.1, 0.15) is 20.7 Å². The van der Waals surface area contributed by atoms with Gasteiger partial charge in [-0.05, 0) is 12.1 Å². The summed E-state index contributed by atoms with van der Waals surface area (Å²) in [4.78, 5) is 20.7. The van der Waals surface area contributed by atoms with Crippen LogP contribution in [0.4, 0.5) is 13.2 Å². The van der Waals surface area contributed by atoms with E-state index in [1.165, 1.54) is 0 Å².